The Morgan fingerprint density at radius 2 is 1.67 bits per heavy atom. The van der Waals surface area contributed by atoms with E-state index in [1.807, 2.05) is 48.5 Å². The van der Waals surface area contributed by atoms with Gasteiger partial charge in [0.1, 0.15) is 17.1 Å². The Morgan fingerprint density at radius 3 is 2.31 bits per heavy atom. The van der Waals surface area contributed by atoms with Gasteiger partial charge in [-0.05, 0) is 52.8 Å². The highest BCUT2D eigenvalue weighted by Gasteiger charge is 2.22. The lowest BCUT2D eigenvalue weighted by Crippen LogP contribution is -2.30. The fourth-order valence-corrected chi connectivity index (χ4v) is 4.80. The molecule has 2 amide bonds. The number of nitrogens with zero attached hydrogens (tertiary/aromatic N) is 3. The molecule has 0 aliphatic carbocycles. The van der Waals surface area contributed by atoms with Crippen molar-refractivity contribution in [2.24, 2.45) is 0 Å². The van der Waals surface area contributed by atoms with Crippen molar-refractivity contribution >= 4 is 28.4 Å². The highest BCUT2D eigenvalue weighted by molar-refractivity contribution is 6.07. The number of anilines is 2. The Balaban J connectivity index is 1.91. The summed E-state index contributed by atoms with van der Waals surface area (Å²) in [7, 11) is 1.57. The summed E-state index contributed by atoms with van der Waals surface area (Å²) < 4.78 is 6.88. The van der Waals surface area contributed by atoms with Crippen LogP contribution < -0.4 is 20.9 Å². The average molecular weight is 524 g/mol. The highest BCUT2D eigenvalue weighted by Crippen LogP contribution is 2.36. The average Bonchev–Trinajstić information content (AvgIpc) is 2.93. The fraction of sp³-hybridized carbons (Fsp3) is 0.290. The number of urea groups is 1. The Morgan fingerprint density at radius 1 is 1.00 bits per heavy atom. The monoisotopic (exact) mass is 523 g/mol. The number of nitrogens with one attached hydrogen (secondary N) is 2. The van der Waals surface area contributed by atoms with Crippen molar-refractivity contribution in [3.8, 4) is 22.9 Å². The highest BCUT2D eigenvalue weighted by atomic mass is 16.5. The lowest BCUT2D eigenvalue weighted by Gasteiger charge is -2.21. The molecule has 4 rings (SSSR count). The summed E-state index contributed by atoms with van der Waals surface area (Å²) >= 11 is 0. The maximum absolute atomic E-state index is 13.9. The number of ether oxygens (including phenoxy) is 1. The number of aromatic nitrogens is 2. The molecule has 0 unspecified atom stereocenters. The third-order valence-corrected chi connectivity index (χ3v) is 6.68. The van der Waals surface area contributed by atoms with E-state index < -0.39 is 11.6 Å². The van der Waals surface area contributed by atoms with E-state index in [1.165, 1.54) is 4.57 Å². The van der Waals surface area contributed by atoms with E-state index in [1.54, 1.807) is 19.4 Å². The molecule has 2 aromatic heterocycles. The summed E-state index contributed by atoms with van der Waals surface area (Å²) in [5.74, 6) is 0.976. The number of rotatable bonds is 8. The van der Waals surface area contributed by atoms with Crippen LogP contribution in [0.5, 0.6) is 5.75 Å². The summed E-state index contributed by atoms with van der Waals surface area (Å²) in [4.78, 5) is 32.0. The van der Waals surface area contributed by atoms with E-state index >= 15 is 0 Å². The zero-order valence-electron chi connectivity index (χ0n) is 22.9. The van der Waals surface area contributed by atoms with Crippen LogP contribution in [0.2, 0.25) is 0 Å². The lowest BCUT2D eigenvalue weighted by molar-refractivity contribution is 0.262. The van der Waals surface area contributed by atoms with Crippen LogP contribution in [-0.2, 0) is 6.54 Å². The number of hydrogen-bond donors (Lipinski definition) is 2. The van der Waals surface area contributed by atoms with E-state index in [4.69, 9.17) is 4.74 Å². The van der Waals surface area contributed by atoms with Crippen molar-refractivity contribution in [3.05, 3.63) is 82.3 Å². The first-order chi connectivity index (χ1) is 18.8. The largest absolute Gasteiger partial charge is 0.497 e. The number of carbonyl (C=O) groups is 1. The first-order valence-electron chi connectivity index (χ1n) is 13.0. The molecule has 0 aliphatic rings. The molecule has 39 heavy (non-hydrogen) atoms. The molecule has 0 bridgehead atoms. The second-order valence-electron chi connectivity index (χ2n) is 9.92. The number of aryl methyl sites for hydroxylation is 1. The van der Waals surface area contributed by atoms with E-state index in [0.717, 1.165) is 16.8 Å². The molecule has 8 nitrogen and oxygen atoms in total. The maximum Gasteiger partial charge on any atom is 0.323 e. The van der Waals surface area contributed by atoms with Crippen molar-refractivity contribution in [3.63, 3.8) is 0 Å². The molecule has 2 N–H and O–H groups in total. The topological polar surface area (TPSA) is 109 Å². The van der Waals surface area contributed by atoms with Crippen LogP contribution in [0.25, 0.3) is 22.2 Å². The van der Waals surface area contributed by atoms with E-state index in [-0.39, 0.29) is 30.5 Å². The number of benzene rings is 2. The smallest absolute Gasteiger partial charge is 0.323 e. The number of carbonyl (C=O) groups excluding carboxylic acids is 1. The second-order valence-corrected chi connectivity index (χ2v) is 9.92. The van der Waals surface area contributed by atoms with Gasteiger partial charge < -0.3 is 15.4 Å². The van der Waals surface area contributed by atoms with Crippen LogP contribution in [0, 0.1) is 11.3 Å². The first kappa shape index (κ1) is 27.4. The molecule has 0 radical (unpaired) electrons. The van der Waals surface area contributed by atoms with E-state index in [2.05, 4.69) is 49.4 Å². The van der Waals surface area contributed by atoms with Gasteiger partial charge in [0, 0.05) is 29.4 Å². The number of nitriles is 1. The maximum atomic E-state index is 13.9. The minimum absolute atomic E-state index is 0.104. The van der Waals surface area contributed by atoms with Crippen LogP contribution in [-0.4, -0.2) is 22.7 Å². The Bertz CT molecular complexity index is 1590. The van der Waals surface area contributed by atoms with Gasteiger partial charge in [-0.15, -0.1) is 0 Å². The van der Waals surface area contributed by atoms with Gasteiger partial charge in [0.05, 0.1) is 19.6 Å². The second kappa shape index (κ2) is 11.8. The first-order valence-corrected chi connectivity index (χ1v) is 13.0. The summed E-state index contributed by atoms with van der Waals surface area (Å²) in [6.07, 6.45) is 1.73. The summed E-state index contributed by atoms with van der Waals surface area (Å²) in [5, 5.41) is 15.8. The molecule has 200 valence electrons. The third-order valence-electron chi connectivity index (χ3n) is 6.68. The number of amides is 2. The van der Waals surface area contributed by atoms with Gasteiger partial charge in [0.15, 0.2) is 0 Å². The number of fused-ring (bicyclic) bond motifs is 1. The Hall–Kier alpha value is -4.64. The predicted molar refractivity (Wildman–Crippen MR) is 155 cm³/mol. The Kier molecular flexibility index (Phi) is 8.30. The van der Waals surface area contributed by atoms with Crippen LogP contribution in [0.15, 0.2) is 65.6 Å². The molecule has 0 aliphatic heterocycles. The van der Waals surface area contributed by atoms with Crippen molar-refractivity contribution in [2.75, 3.05) is 17.7 Å². The number of para-hydroxylation sites is 1. The quantitative estimate of drug-likeness (QED) is 0.262. The van der Waals surface area contributed by atoms with Gasteiger partial charge in [-0.1, -0.05) is 58.0 Å². The predicted octanol–water partition coefficient (Wildman–Crippen LogP) is 6.88. The molecule has 8 heteroatoms. The van der Waals surface area contributed by atoms with Gasteiger partial charge in [-0.2, -0.15) is 5.26 Å². The molecule has 4 aromatic rings. The SMILES string of the molecule is COc1cccc(-c2c(NC(=O)Nc3c(C(C)C)cccc3C(C)C)c(=O)n(CCC#N)c3ncccc23)c1. The number of pyridine rings is 2. The summed E-state index contributed by atoms with van der Waals surface area (Å²) in [6.45, 7) is 8.45. The van der Waals surface area contributed by atoms with Gasteiger partial charge in [-0.3, -0.25) is 9.36 Å². The van der Waals surface area contributed by atoms with E-state index in [9.17, 15) is 14.9 Å². The van der Waals surface area contributed by atoms with Gasteiger partial charge in [0.2, 0.25) is 0 Å². The summed E-state index contributed by atoms with van der Waals surface area (Å²) in [6, 6.07) is 18.5. The summed E-state index contributed by atoms with van der Waals surface area (Å²) in [5.41, 5.74) is 4.10. The third kappa shape index (κ3) is 5.63. The minimum Gasteiger partial charge on any atom is -0.497 e. The van der Waals surface area contributed by atoms with Gasteiger partial charge in [0.25, 0.3) is 5.56 Å². The molecule has 2 heterocycles. The zero-order chi connectivity index (χ0) is 28.1. The zero-order valence-corrected chi connectivity index (χ0v) is 22.9. The normalized spacial score (nSPS) is 11.0. The molecule has 0 spiro atoms. The number of methoxy groups -OCH3 is 1. The van der Waals surface area contributed by atoms with Crippen LogP contribution in [0.1, 0.15) is 57.1 Å². The van der Waals surface area contributed by atoms with Gasteiger partial charge in [-0.25, -0.2) is 9.78 Å². The van der Waals surface area contributed by atoms with Crippen molar-refractivity contribution in [1.82, 2.24) is 9.55 Å². The van der Waals surface area contributed by atoms with Gasteiger partial charge >= 0.3 is 6.03 Å². The molecule has 0 saturated carbocycles. The van der Waals surface area contributed by atoms with Crippen LogP contribution in [0.4, 0.5) is 16.2 Å². The Labute approximate surface area is 228 Å². The van der Waals surface area contributed by atoms with Crippen molar-refractivity contribution < 1.29 is 9.53 Å². The van der Waals surface area contributed by atoms with E-state index in [0.29, 0.717) is 27.9 Å². The lowest BCUT2D eigenvalue weighted by atomic mass is 9.93. The van der Waals surface area contributed by atoms with Crippen LogP contribution in [0.3, 0.4) is 0 Å². The van der Waals surface area contributed by atoms with Crippen LogP contribution >= 0.6 is 0 Å². The molecule has 2 aromatic carbocycles. The standard InChI is InChI=1S/C31H33N5O3/c1-19(2)23-12-7-13-24(20(3)4)27(23)34-31(38)35-28-26(21-10-6-11-22(18-21)39-5)25-14-8-16-33-29(25)36(30(28)37)17-9-15-32/h6-8,10-14,16,18-20H,9,17H2,1-5H3,(H2,34,35,38). The molecule has 0 atom stereocenters. The number of hydrogen-bond acceptors (Lipinski definition) is 5. The molecule has 0 fully saturated rings. The van der Waals surface area contributed by atoms with Crippen molar-refractivity contribution in [1.29, 1.82) is 5.26 Å². The molecular weight excluding hydrogens is 490 g/mol. The molecular formula is C31H33N5O3. The molecule has 0 saturated heterocycles. The fourth-order valence-electron chi connectivity index (χ4n) is 4.80. The van der Waals surface area contributed by atoms with Crippen molar-refractivity contribution in [2.45, 2.75) is 52.5 Å². The minimum atomic E-state index is -0.527.